The molecule has 2 N–H and O–H groups in total. The van der Waals surface area contributed by atoms with Crippen molar-refractivity contribution in [2.75, 3.05) is 18.4 Å². The van der Waals surface area contributed by atoms with Gasteiger partial charge in [0.1, 0.15) is 0 Å². The van der Waals surface area contributed by atoms with Crippen LogP contribution in [0.15, 0.2) is 34.6 Å². The highest BCUT2D eigenvalue weighted by molar-refractivity contribution is 7.17. The lowest BCUT2D eigenvalue weighted by molar-refractivity contribution is 0.959. The molecule has 0 spiro atoms. The van der Waals surface area contributed by atoms with Crippen LogP contribution in [0.5, 0.6) is 0 Å². The van der Waals surface area contributed by atoms with Gasteiger partial charge in [-0.1, -0.05) is 0 Å². The van der Waals surface area contributed by atoms with Gasteiger partial charge in [0.2, 0.25) is 0 Å². The molecule has 4 heteroatoms. The van der Waals surface area contributed by atoms with Gasteiger partial charge in [-0.25, -0.2) is 0 Å². The zero-order valence-electron chi connectivity index (χ0n) is 8.16. The number of fused-ring (bicyclic) bond motifs is 1. The molecule has 1 aromatic carbocycles. The molecule has 1 aromatic heterocycles. The summed E-state index contributed by atoms with van der Waals surface area (Å²) in [5.74, 6) is 0.879. The van der Waals surface area contributed by atoms with Gasteiger partial charge in [-0.3, -0.25) is 4.99 Å². The first kappa shape index (κ1) is 8.73. The Kier molecular flexibility index (Phi) is 2.07. The van der Waals surface area contributed by atoms with Crippen molar-refractivity contribution in [1.82, 2.24) is 5.32 Å². The van der Waals surface area contributed by atoms with Crippen LogP contribution in [0.25, 0.3) is 10.1 Å². The highest BCUT2D eigenvalue weighted by Gasteiger charge is 2.05. The number of guanidine groups is 1. The minimum absolute atomic E-state index is 0.864. The largest absolute Gasteiger partial charge is 0.354 e. The second-order valence-corrected chi connectivity index (χ2v) is 4.40. The summed E-state index contributed by atoms with van der Waals surface area (Å²) in [5.41, 5.74) is 1.09. The second kappa shape index (κ2) is 3.55. The summed E-state index contributed by atoms with van der Waals surface area (Å²) in [6.07, 6.45) is 0. The van der Waals surface area contributed by atoms with Crippen molar-refractivity contribution >= 4 is 33.1 Å². The van der Waals surface area contributed by atoms with Crippen LogP contribution in [0, 0.1) is 0 Å². The Morgan fingerprint density at radius 1 is 1.33 bits per heavy atom. The third-order valence-corrected chi connectivity index (χ3v) is 3.29. The maximum Gasteiger partial charge on any atom is 0.195 e. The van der Waals surface area contributed by atoms with Crippen LogP contribution in [0.1, 0.15) is 0 Å². The van der Waals surface area contributed by atoms with E-state index < -0.39 is 0 Å². The monoisotopic (exact) mass is 217 g/mol. The zero-order valence-corrected chi connectivity index (χ0v) is 8.97. The molecule has 0 amide bonds. The molecule has 0 saturated carbocycles. The Bertz CT molecular complexity index is 515. The van der Waals surface area contributed by atoms with Crippen molar-refractivity contribution in [3.63, 3.8) is 0 Å². The maximum atomic E-state index is 4.30. The molecule has 0 unspecified atom stereocenters. The predicted molar refractivity (Wildman–Crippen MR) is 65.8 cm³/mol. The number of benzene rings is 1. The summed E-state index contributed by atoms with van der Waals surface area (Å²) in [6.45, 7) is 1.80. The van der Waals surface area contributed by atoms with Crippen molar-refractivity contribution in [3.05, 3.63) is 29.6 Å². The van der Waals surface area contributed by atoms with E-state index in [2.05, 4.69) is 45.3 Å². The molecule has 3 nitrogen and oxygen atoms in total. The minimum atomic E-state index is 0.864. The third kappa shape index (κ3) is 1.68. The number of thiophene rings is 1. The van der Waals surface area contributed by atoms with Gasteiger partial charge in [0.25, 0.3) is 0 Å². The molecular weight excluding hydrogens is 206 g/mol. The number of rotatable bonds is 1. The standard InChI is InChI=1S/C11H11N3S/c1-2-10-8(3-6-15-10)7-9(1)14-11-12-4-5-13-11/h1-3,6-7H,4-5H2,(H2,12,13,14). The van der Waals surface area contributed by atoms with Gasteiger partial charge >= 0.3 is 0 Å². The first-order chi connectivity index (χ1) is 7.42. The summed E-state index contributed by atoms with van der Waals surface area (Å²) in [4.78, 5) is 4.30. The molecule has 3 rings (SSSR count). The Morgan fingerprint density at radius 3 is 3.20 bits per heavy atom. The molecule has 0 saturated heterocycles. The molecular formula is C11H11N3S. The summed E-state index contributed by atoms with van der Waals surface area (Å²) in [5, 5.41) is 9.85. The van der Waals surface area contributed by atoms with Crippen LogP contribution in [0.4, 0.5) is 5.69 Å². The van der Waals surface area contributed by atoms with Gasteiger partial charge in [-0.15, -0.1) is 11.3 Å². The SMILES string of the molecule is c1cc2cc(NC3=NCCN3)ccc2s1. The lowest BCUT2D eigenvalue weighted by Crippen LogP contribution is -2.26. The van der Waals surface area contributed by atoms with E-state index in [0.717, 1.165) is 24.7 Å². The molecule has 0 bridgehead atoms. The van der Waals surface area contributed by atoms with Crippen molar-refractivity contribution in [1.29, 1.82) is 0 Å². The number of hydrogen-bond donors (Lipinski definition) is 2. The van der Waals surface area contributed by atoms with Crippen molar-refractivity contribution in [2.45, 2.75) is 0 Å². The van der Waals surface area contributed by atoms with E-state index in [4.69, 9.17) is 0 Å². The average Bonchev–Trinajstić information content (AvgIpc) is 2.87. The normalized spacial score (nSPS) is 15.1. The molecule has 2 aromatic rings. The molecule has 1 aliphatic heterocycles. The second-order valence-electron chi connectivity index (χ2n) is 3.46. The molecule has 76 valence electrons. The van der Waals surface area contributed by atoms with Crippen molar-refractivity contribution < 1.29 is 0 Å². The fraction of sp³-hybridized carbons (Fsp3) is 0.182. The first-order valence-electron chi connectivity index (χ1n) is 4.94. The number of hydrogen-bond acceptors (Lipinski definition) is 4. The van der Waals surface area contributed by atoms with Gasteiger partial charge in [-0.05, 0) is 35.0 Å². The third-order valence-electron chi connectivity index (χ3n) is 2.39. The average molecular weight is 217 g/mol. The van der Waals surface area contributed by atoms with Crippen LogP contribution < -0.4 is 10.6 Å². The molecule has 1 aliphatic rings. The van der Waals surface area contributed by atoms with E-state index >= 15 is 0 Å². The lowest BCUT2D eigenvalue weighted by Gasteiger charge is -2.06. The van der Waals surface area contributed by atoms with Gasteiger partial charge in [0.15, 0.2) is 5.96 Å². The van der Waals surface area contributed by atoms with Crippen LogP contribution in [0.3, 0.4) is 0 Å². The smallest absolute Gasteiger partial charge is 0.195 e. The Morgan fingerprint density at radius 2 is 2.33 bits per heavy atom. The van der Waals surface area contributed by atoms with E-state index in [9.17, 15) is 0 Å². The van der Waals surface area contributed by atoms with E-state index in [1.165, 1.54) is 10.1 Å². The molecule has 0 fully saturated rings. The Balaban J connectivity index is 1.90. The van der Waals surface area contributed by atoms with Crippen molar-refractivity contribution in [2.24, 2.45) is 4.99 Å². The number of anilines is 1. The minimum Gasteiger partial charge on any atom is -0.354 e. The predicted octanol–water partition coefficient (Wildman–Crippen LogP) is 2.27. The molecule has 0 aliphatic carbocycles. The molecule has 2 heterocycles. The zero-order chi connectivity index (χ0) is 10.1. The quantitative estimate of drug-likeness (QED) is 0.768. The number of aliphatic imine (C=N–C) groups is 1. The van der Waals surface area contributed by atoms with Gasteiger partial charge in [0, 0.05) is 16.9 Å². The fourth-order valence-electron chi connectivity index (χ4n) is 1.66. The number of nitrogens with one attached hydrogen (secondary N) is 2. The van der Waals surface area contributed by atoms with Gasteiger partial charge in [-0.2, -0.15) is 0 Å². The van der Waals surface area contributed by atoms with Gasteiger partial charge < -0.3 is 10.6 Å². The summed E-state index contributed by atoms with van der Waals surface area (Å²) in [6, 6.07) is 8.50. The molecule has 0 radical (unpaired) electrons. The van der Waals surface area contributed by atoms with Gasteiger partial charge in [0.05, 0.1) is 6.54 Å². The Hall–Kier alpha value is -1.55. The Labute approximate surface area is 91.8 Å². The fourth-order valence-corrected chi connectivity index (χ4v) is 2.43. The molecule has 0 atom stereocenters. The summed E-state index contributed by atoms with van der Waals surface area (Å²) in [7, 11) is 0. The van der Waals surface area contributed by atoms with Crippen molar-refractivity contribution in [3.8, 4) is 0 Å². The highest BCUT2D eigenvalue weighted by Crippen LogP contribution is 2.23. The maximum absolute atomic E-state index is 4.30. The molecule has 15 heavy (non-hydrogen) atoms. The van der Waals surface area contributed by atoms with Crippen LogP contribution in [0.2, 0.25) is 0 Å². The topological polar surface area (TPSA) is 36.4 Å². The van der Waals surface area contributed by atoms with E-state index in [0.29, 0.717) is 0 Å². The van der Waals surface area contributed by atoms with E-state index in [-0.39, 0.29) is 0 Å². The van der Waals surface area contributed by atoms with Crippen LogP contribution in [-0.4, -0.2) is 19.0 Å². The summed E-state index contributed by atoms with van der Waals surface area (Å²) >= 11 is 1.77. The van der Waals surface area contributed by atoms with E-state index in [1.807, 2.05) is 0 Å². The van der Waals surface area contributed by atoms with Crippen LogP contribution >= 0.6 is 11.3 Å². The number of nitrogens with zero attached hydrogens (tertiary/aromatic N) is 1. The highest BCUT2D eigenvalue weighted by atomic mass is 32.1. The summed E-state index contributed by atoms with van der Waals surface area (Å²) < 4.78 is 1.32. The van der Waals surface area contributed by atoms with E-state index in [1.54, 1.807) is 11.3 Å². The van der Waals surface area contributed by atoms with Crippen LogP contribution in [-0.2, 0) is 0 Å². The lowest BCUT2D eigenvalue weighted by atomic mass is 10.2. The first-order valence-corrected chi connectivity index (χ1v) is 5.82.